The summed E-state index contributed by atoms with van der Waals surface area (Å²) in [4.78, 5) is 0. The maximum atomic E-state index is 12.5. The first-order chi connectivity index (χ1) is 9.71. The van der Waals surface area contributed by atoms with Crippen LogP contribution in [0.5, 0.6) is 0 Å². The van der Waals surface area contributed by atoms with E-state index in [1.807, 2.05) is 19.9 Å². The van der Waals surface area contributed by atoms with E-state index in [4.69, 9.17) is 0 Å². The predicted molar refractivity (Wildman–Crippen MR) is 81.4 cm³/mol. The molecule has 0 saturated heterocycles. The van der Waals surface area contributed by atoms with Gasteiger partial charge in [0.05, 0.1) is 10.7 Å². The van der Waals surface area contributed by atoms with Gasteiger partial charge in [0.2, 0.25) is 0 Å². The molecule has 118 valence electrons. The van der Waals surface area contributed by atoms with Gasteiger partial charge in [-0.25, -0.2) is 4.39 Å². The number of hydrogen-bond donors (Lipinski definition) is 0. The minimum Gasteiger partial charge on any atom is -0.207 e. The van der Waals surface area contributed by atoms with Crippen molar-refractivity contribution in [2.75, 3.05) is 0 Å². The van der Waals surface area contributed by atoms with E-state index in [0.717, 1.165) is 16.9 Å². The highest BCUT2D eigenvalue weighted by atomic mass is 79.9. The van der Waals surface area contributed by atoms with Crippen LogP contribution < -0.4 is 0 Å². The van der Waals surface area contributed by atoms with Crippen LogP contribution in [0.4, 0.5) is 17.6 Å². The lowest BCUT2D eigenvalue weighted by Crippen LogP contribution is -2.16. The van der Waals surface area contributed by atoms with Crippen LogP contribution in [0.15, 0.2) is 39.5 Å². The normalized spacial score (nSPS) is 10.1. The van der Waals surface area contributed by atoms with E-state index in [0.29, 0.717) is 10.0 Å². The molecule has 2 rings (SSSR count). The number of alkyl halides is 3. The van der Waals surface area contributed by atoms with Crippen LogP contribution in [0.1, 0.15) is 19.4 Å². The van der Waals surface area contributed by atoms with Crippen molar-refractivity contribution in [1.82, 2.24) is 9.78 Å². The van der Waals surface area contributed by atoms with Crippen molar-refractivity contribution >= 4 is 31.9 Å². The Morgan fingerprint density at radius 2 is 1.71 bits per heavy atom. The molecule has 0 amide bonds. The molecule has 1 aromatic heterocycles. The zero-order valence-electron chi connectivity index (χ0n) is 11.5. The van der Waals surface area contributed by atoms with E-state index < -0.39 is 6.30 Å². The van der Waals surface area contributed by atoms with Crippen LogP contribution in [-0.2, 0) is 6.30 Å². The number of aromatic nitrogens is 2. The van der Waals surface area contributed by atoms with Crippen LogP contribution in [0, 0.1) is 12.7 Å². The third kappa shape index (κ3) is 7.08. The van der Waals surface area contributed by atoms with Crippen molar-refractivity contribution < 1.29 is 17.6 Å². The first-order valence-electron chi connectivity index (χ1n) is 5.90. The molecule has 1 heterocycles. The number of halogens is 6. The summed E-state index contributed by atoms with van der Waals surface area (Å²) in [5, 5.41) is 3.03. The molecular weight excluding hydrogens is 420 g/mol. The average molecular weight is 434 g/mol. The molecule has 8 heteroatoms. The zero-order valence-corrected chi connectivity index (χ0v) is 14.7. The molecule has 0 aliphatic rings. The number of nitrogens with zero attached hydrogens (tertiary/aromatic N) is 2. The molecule has 0 radical (unpaired) electrons. The van der Waals surface area contributed by atoms with Crippen molar-refractivity contribution in [1.29, 1.82) is 0 Å². The summed E-state index contributed by atoms with van der Waals surface area (Å²) < 4.78 is 48.7. The van der Waals surface area contributed by atoms with E-state index in [1.165, 1.54) is 6.07 Å². The highest BCUT2D eigenvalue weighted by Gasteiger charge is 2.31. The van der Waals surface area contributed by atoms with Crippen molar-refractivity contribution in [3.63, 3.8) is 0 Å². The van der Waals surface area contributed by atoms with Gasteiger partial charge in [-0.3, -0.25) is 0 Å². The molecule has 0 atom stereocenters. The third-order valence-corrected chi connectivity index (χ3v) is 3.28. The fraction of sp³-hybridized carbons (Fsp3) is 0.308. The van der Waals surface area contributed by atoms with Crippen LogP contribution in [0.3, 0.4) is 0 Å². The smallest absolute Gasteiger partial charge is 0.207 e. The Morgan fingerprint density at radius 1 is 1.14 bits per heavy atom. The van der Waals surface area contributed by atoms with Gasteiger partial charge < -0.3 is 0 Å². The Morgan fingerprint density at radius 3 is 2.00 bits per heavy atom. The molecule has 0 bridgehead atoms. The minimum atomic E-state index is -4.41. The topological polar surface area (TPSA) is 17.8 Å². The molecule has 0 saturated carbocycles. The Hall–Kier alpha value is -0.890. The van der Waals surface area contributed by atoms with Gasteiger partial charge in [0.25, 0.3) is 0 Å². The molecule has 2 nitrogen and oxygen atoms in total. The largest absolute Gasteiger partial charge is 0.504 e. The summed E-state index contributed by atoms with van der Waals surface area (Å²) in [5.74, 6) is -0.163. The van der Waals surface area contributed by atoms with Gasteiger partial charge in [0, 0.05) is 10.7 Å². The molecule has 0 N–H and O–H groups in total. The van der Waals surface area contributed by atoms with Crippen molar-refractivity contribution in [2.24, 2.45) is 0 Å². The molecule has 0 aliphatic carbocycles. The average Bonchev–Trinajstić information content (AvgIpc) is 2.86. The lowest BCUT2D eigenvalue weighted by molar-refractivity contribution is -0.212. The Bertz CT molecular complexity index is 533. The number of benzene rings is 1. The van der Waals surface area contributed by atoms with E-state index >= 15 is 0 Å². The second kappa shape index (κ2) is 9.19. The fourth-order valence-electron chi connectivity index (χ4n) is 1.02. The van der Waals surface area contributed by atoms with Crippen LogP contribution in [0.25, 0.3) is 0 Å². The summed E-state index contributed by atoms with van der Waals surface area (Å²) in [5.41, 5.74) is 0.664. The first kappa shape index (κ1) is 20.1. The quantitative estimate of drug-likeness (QED) is 0.462. The number of hydrogen-bond acceptors (Lipinski definition) is 1. The highest BCUT2D eigenvalue weighted by Crippen LogP contribution is 2.22. The molecule has 2 aromatic rings. The van der Waals surface area contributed by atoms with Gasteiger partial charge in [-0.15, -0.1) is 13.2 Å². The minimum absolute atomic E-state index is 0.0723. The monoisotopic (exact) mass is 432 g/mol. The maximum Gasteiger partial charge on any atom is 0.504 e. The Labute approximate surface area is 137 Å². The van der Waals surface area contributed by atoms with Crippen LogP contribution >= 0.6 is 31.9 Å². The third-order valence-electron chi connectivity index (χ3n) is 2.01. The van der Waals surface area contributed by atoms with Crippen molar-refractivity contribution in [2.45, 2.75) is 27.1 Å². The van der Waals surface area contributed by atoms with E-state index in [1.54, 1.807) is 13.0 Å². The van der Waals surface area contributed by atoms with Crippen molar-refractivity contribution in [3.8, 4) is 0 Å². The van der Waals surface area contributed by atoms with E-state index in [-0.39, 0.29) is 10.5 Å². The summed E-state index contributed by atoms with van der Waals surface area (Å²) in [6.07, 6.45) is -2.49. The van der Waals surface area contributed by atoms with Gasteiger partial charge in [0.15, 0.2) is 0 Å². The highest BCUT2D eigenvalue weighted by molar-refractivity contribution is 9.10. The summed E-state index contributed by atoms with van der Waals surface area (Å²) in [7, 11) is 0. The lowest BCUT2D eigenvalue weighted by atomic mass is 10.2. The maximum absolute atomic E-state index is 12.5. The zero-order chi connectivity index (χ0) is 16.6. The SMILES string of the molecule is CC.Cc1c(F)cccc1Br.FC(F)(F)n1cc(Br)cn1. The molecule has 0 fully saturated rings. The predicted octanol–water partition coefficient (Wildman–Crippen LogP) is 6.04. The molecule has 21 heavy (non-hydrogen) atoms. The molecule has 0 spiro atoms. The van der Waals surface area contributed by atoms with Crippen LogP contribution in [-0.4, -0.2) is 9.78 Å². The van der Waals surface area contributed by atoms with Gasteiger partial charge >= 0.3 is 6.30 Å². The standard InChI is InChI=1S/C7H6BrF.C4H2BrF3N2.C2H6/c1-5-6(8)3-2-4-7(5)9;5-3-1-9-10(2-3)4(6,7)8;1-2/h2-4H,1H3;1-2H;1-2H3. The first-order valence-corrected chi connectivity index (χ1v) is 7.48. The summed E-state index contributed by atoms with van der Waals surface area (Å²) >= 11 is 6.05. The number of rotatable bonds is 0. The summed E-state index contributed by atoms with van der Waals surface area (Å²) in [6.45, 7) is 5.74. The molecule has 0 aliphatic heterocycles. The van der Waals surface area contributed by atoms with Gasteiger partial charge in [-0.2, -0.15) is 9.78 Å². The second-order valence-electron chi connectivity index (χ2n) is 3.42. The Balaban J connectivity index is 0.000000342. The lowest BCUT2D eigenvalue weighted by Gasteiger charge is -2.03. The molecular formula is C13H14Br2F4N2. The molecule has 0 unspecified atom stereocenters. The van der Waals surface area contributed by atoms with Crippen LogP contribution in [0.2, 0.25) is 0 Å². The van der Waals surface area contributed by atoms with E-state index in [2.05, 4.69) is 37.0 Å². The second-order valence-corrected chi connectivity index (χ2v) is 5.19. The fourth-order valence-corrected chi connectivity index (χ4v) is 1.65. The van der Waals surface area contributed by atoms with Crippen molar-refractivity contribution in [3.05, 3.63) is 50.9 Å². The van der Waals surface area contributed by atoms with E-state index in [9.17, 15) is 17.6 Å². The Kier molecular flexibility index (Phi) is 8.80. The van der Waals surface area contributed by atoms with Gasteiger partial charge in [-0.1, -0.05) is 35.8 Å². The summed E-state index contributed by atoms with van der Waals surface area (Å²) in [6, 6.07) is 4.94. The van der Waals surface area contributed by atoms with Gasteiger partial charge in [0.1, 0.15) is 5.82 Å². The van der Waals surface area contributed by atoms with Gasteiger partial charge in [-0.05, 0) is 40.5 Å². The molecule has 1 aromatic carbocycles.